The van der Waals surface area contributed by atoms with Gasteiger partial charge in [-0.25, -0.2) is 0 Å². The van der Waals surface area contributed by atoms with Crippen molar-refractivity contribution >= 4 is 12.0 Å². The van der Waals surface area contributed by atoms with Gasteiger partial charge in [-0.3, -0.25) is 4.79 Å². The summed E-state index contributed by atoms with van der Waals surface area (Å²) in [5, 5.41) is 9.22. The fraction of sp³-hybridized carbons (Fsp3) is 0.500. The van der Waals surface area contributed by atoms with Gasteiger partial charge in [-0.15, -0.1) is 0 Å². The van der Waals surface area contributed by atoms with Crippen LogP contribution in [0.4, 0.5) is 0 Å². The Balaban J connectivity index is 1.91. The van der Waals surface area contributed by atoms with Crippen molar-refractivity contribution in [2.24, 2.45) is 0 Å². The van der Waals surface area contributed by atoms with E-state index in [0.717, 1.165) is 31.2 Å². The highest BCUT2D eigenvalue weighted by Crippen LogP contribution is 2.11. The number of phenols is 1. The maximum atomic E-state index is 11.7. The molecule has 0 aliphatic carbocycles. The smallest absolute Gasteiger partial charge is 0.310 e. The van der Waals surface area contributed by atoms with Crippen LogP contribution in [0.25, 0.3) is 6.08 Å². The molecule has 0 heterocycles. The predicted molar refractivity (Wildman–Crippen MR) is 123 cm³/mol. The zero-order valence-electron chi connectivity index (χ0n) is 18.0. The van der Waals surface area contributed by atoms with Gasteiger partial charge in [0.25, 0.3) is 0 Å². The predicted octanol–water partition coefficient (Wildman–Crippen LogP) is 7.72. The molecule has 3 nitrogen and oxygen atoms in total. The number of unbranched alkanes of at least 4 members (excludes halogenated alkanes) is 8. The van der Waals surface area contributed by atoms with Crippen molar-refractivity contribution in [2.45, 2.75) is 84.0 Å². The van der Waals surface area contributed by atoms with Gasteiger partial charge in [-0.2, -0.15) is 0 Å². The molecule has 0 saturated heterocycles. The summed E-state index contributed by atoms with van der Waals surface area (Å²) in [6.45, 7) is 2.24. The molecule has 0 bridgehead atoms. The minimum absolute atomic E-state index is 0.189. The summed E-state index contributed by atoms with van der Waals surface area (Å²) in [6.07, 6.45) is 25.6. The number of aromatic hydroxyl groups is 1. The standard InChI is InChI=1S/C26H38O3/c1-2-3-4-5-6-7-8-9-10-11-12-13-14-15-16-17-26(28)29-23-22-24-18-20-25(27)21-19-24/h6-7,9-10,18-23,27H,2-5,8,11-17H2,1H3/b7-6-,10-9-,23-22-. The molecule has 0 spiro atoms. The lowest BCUT2D eigenvalue weighted by molar-refractivity contribution is -0.138. The van der Waals surface area contributed by atoms with E-state index in [4.69, 9.17) is 4.74 Å². The third-order valence-corrected chi connectivity index (χ3v) is 4.68. The molecule has 160 valence electrons. The van der Waals surface area contributed by atoms with Crippen LogP contribution in [0, 0.1) is 0 Å². The van der Waals surface area contributed by atoms with Crippen molar-refractivity contribution in [3.63, 3.8) is 0 Å². The lowest BCUT2D eigenvalue weighted by atomic mass is 10.1. The van der Waals surface area contributed by atoms with Crippen LogP contribution in [0.1, 0.15) is 89.5 Å². The van der Waals surface area contributed by atoms with Gasteiger partial charge in [-0.05, 0) is 62.3 Å². The van der Waals surface area contributed by atoms with Crippen molar-refractivity contribution in [2.75, 3.05) is 0 Å². The molecule has 1 aromatic rings. The second-order valence-corrected chi connectivity index (χ2v) is 7.36. The Morgan fingerprint density at radius 3 is 2.17 bits per heavy atom. The summed E-state index contributed by atoms with van der Waals surface area (Å²) in [5.41, 5.74) is 0.882. The first-order valence-corrected chi connectivity index (χ1v) is 11.2. The van der Waals surface area contributed by atoms with E-state index in [1.807, 2.05) is 0 Å². The molecule has 0 aliphatic rings. The average Bonchev–Trinajstić information content (AvgIpc) is 2.72. The van der Waals surface area contributed by atoms with Crippen molar-refractivity contribution in [3.8, 4) is 5.75 Å². The van der Waals surface area contributed by atoms with E-state index in [9.17, 15) is 9.90 Å². The van der Waals surface area contributed by atoms with Crippen LogP contribution in [0.5, 0.6) is 5.75 Å². The molecule has 1 aromatic carbocycles. The average molecular weight is 399 g/mol. The molecular formula is C26H38O3. The Bertz CT molecular complexity index is 611. The monoisotopic (exact) mass is 398 g/mol. The Morgan fingerprint density at radius 1 is 0.862 bits per heavy atom. The van der Waals surface area contributed by atoms with Gasteiger partial charge in [0, 0.05) is 6.42 Å². The van der Waals surface area contributed by atoms with Gasteiger partial charge in [0.05, 0.1) is 6.26 Å². The first kappa shape index (κ1) is 24.7. The van der Waals surface area contributed by atoms with Crippen LogP contribution in [-0.4, -0.2) is 11.1 Å². The molecular weight excluding hydrogens is 360 g/mol. The zero-order valence-corrected chi connectivity index (χ0v) is 18.0. The number of hydrogen-bond acceptors (Lipinski definition) is 3. The second kappa shape index (κ2) is 17.8. The third-order valence-electron chi connectivity index (χ3n) is 4.68. The summed E-state index contributed by atoms with van der Waals surface area (Å²) in [6, 6.07) is 6.73. The van der Waals surface area contributed by atoms with Gasteiger partial charge in [-0.1, -0.05) is 75.5 Å². The first-order chi connectivity index (χ1) is 14.2. The molecule has 1 N–H and O–H groups in total. The number of allylic oxidation sites excluding steroid dienone is 4. The highest BCUT2D eigenvalue weighted by Gasteiger charge is 2.00. The van der Waals surface area contributed by atoms with Crippen molar-refractivity contribution in [3.05, 3.63) is 60.4 Å². The summed E-state index contributed by atoms with van der Waals surface area (Å²) < 4.78 is 5.10. The highest BCUT2D eigenvalue weighted by molar-refractivity contribution is 5.70. The molecule has 3 heteroatoms. The van der Waals surface area contributed by atoms with Crippen LogP contribution in [0.2, 0.25) is 0 Å². The van der Waals surface area contributed by atoms with Gasteiger partial charge in [0.15, 0.2) is 0 Å². The van der Waals surface area contributed by atoms with Gasteiger partial charge in [0.2, 0.25) is 0 Å². The van der Waals surface area contributed by atoms with E-state index in [0.29, 0.717) is 6.42 Å². The van der Waals surface area contributed by atoms with Gasteiger partial charge >= 0.3 is 5.97 Å². The largest absolute Gasteiger partial charge is 0.508 e. The summed E-state index contributed by atoms with van der Waals surface area (Å²) in [7, 11) is 0. The number of carbonyl (C=O) groups excluding carboxylic acids is 1. The zero-order chi connectivity index (χ0) is 21.0. The van der Waals surface area contributed by atoms with Gasteiger partial charge < -0.3 is 9.84 Å². The lowest BCUT2D eigenvalue weighted by Gasteiger charge is -2.01. The molecule has 0 fully saturated rings. The number of phenolic OH excluding ortho intramolecular Hbond substituents is 1. The van der Waals surface area contributed by atoms with E-state index in [1.54, 1.807) is 30.3 Å². The van der Waals surface area contributed by atoms with E-state index >= 15 is 0 Å². The quantitative estimate of drug-likeness (QED) is 0.134. The maximum absolute atomic E-state index is 11.7. The topological polar surface area (TPSA) is 46.5 Å². The molecule has 0 atom stereocenters. The molecule has 0 amide bonds. The fourth-order valence-corrected chi connectivity index (χ4v) is 2.91. The van der Waals surface area contributed by atoms with Crippen LogP contribution < -0.4 is 0 Å². The summed E-state index contributed by atoms with van der Waals surface area (Å²) in [4.78, 5) is 11.7. The molecule has 1 rings (SSSR count). The summed E-state index contributed by atoms with van der Waals surface area (Å²) in [5.74, 6) is 0.0335. The van der Waals surface area contributed by atoms with Crippen LogP contribution >= 0.6 is 0 Å². The number of rotatable bonds is 16. The minimum Gasteiger partial charge on any atom is -0.508 e. The molecule has 0 aliphatic heterocycles. The third kappa shape index (κ3) is 15.3. The van der Waals surface area contributed by atoms with Crippen LogP contribution in [-0.2, 0) is 9.53 Å². The minimum atomic E-state index is -0.189. The van der Waals surface area contributed by atoms with E-state index < -0.39 is 0 Å². The maximum Gasteiger partial charge on any atom is 0.310 e. The van der Waals surface area contributed by atoms with Gasteiger partial charge in [0.1, 0.15) is 5.75 Å². The number of ether oxygens (including phenoxy) is 1. The SMILES string of the molecule is CCCCC/C=C\C/C=C\CCCCCCCC(=O)O/C=C\c1ccc(O)cc1. The summed E-state index contributed by atoms with van der Waals surface area (Å²) >= 11 is 0. The number of hydrogen-bond donors (Lipinski definition) is 1. The molecule has 0 unspecified atom stereocenters. The molecule has 29 heavy (non-hydrogen) atoms. The number of esters is 1. The van der Waals surface area contributed by atoms with Crippen molar-refractivity contribution in [1.82, 2.24) is 0 Å². The lowest BCUT2D eigenvalue weighted by Crippen LogP contribution is -1.98. The van der Waals surface area contributed by atoms with Crippen LogP contribution in [0.3, 0.4) is 0 Å². The Labute approximate surface area is 177 Å². The molecule has 0 radical (unpaired) electrons. The Kier molecular flexibility index (Phi) is 15.2. The van der Waals surface area contributed by atoms with Crippen molar-refractivity contribution in [1.29, 1.82) is 0 Å². The first-order valence-electron chi connectivity index (χ1n) is 11.2. The van der Waals surface area contributed by atoms with Crippen molar-refractivity contribution < 1.29 is 14.6 Å². The van der Waals surface area contributed by atoms with Crippen LogP contribution in [0.15, 0.2) is 54.8 Å². The Morgan fingerprint density at radius 2 is 1.48 bits per heavy atom. The normalized spacial score (nSPS) is 11.8. The second-order valence-electron chi connectivity index (χ2n) is 7.36. The number of benzene rings is 1. The molecule has 0 aromatic heterocycles. The highest BCUT2D eigenvalue weighted by atomic mass is 16.5. The fourth-order valence-electron chi connectivity index (χ4n) is 2.91. The number of carbonyl (C=O) groups is 1. The van der Waals surface area contributed by atoms with E-state index in [2.05, 4.69) is 31.2 Å². The molecule has 0 saturated carbocycles. The Hall–Kier alpha value is -2.29. The van der Waals surface area contributed by atoms with E-state index in [-0.39, 0.29) is 11.7 Å². The van der Waals surface area contributed by atoms with E-state index in [1.165, 1.54) is 51.2 Å².